The van der Waals surface area contributed by atoms with Crippen LogP contribution >= 0.6 is 12.6 Å². The number of H-pyrrole nitrogens is 1. The molecule has 0 saturated carbocycles. The van der Waals surface area contributed by atoms with E-state index in [0.717, 1.165) is 16.5 Å². The summed E-state index contributed by atoms with van der Waals surface area (Å²) in [6, 6.07) is 7.31. The Bertz CT molecular complexity index is 637. The van der Waals surface area contributed by atoms with Crippen LogP contribution in [0.1, 0.15) is 11.1 Å². The fourth-order valence-electron chi connectivity index (χ4n) is 1.47. The van der Waals surface area contributed by atoms with Gasteiger partial charge in [0.1, 0.15) is 0 Å². The van der Waals surface area contributed by atoms with Crippen molar-refractivity contribution in [2.24, 2.45) is 0 Å². The first-order chi connectivity index (χ1) is 7.11. The third-order valence-electron chi connectivity index (χ3n) is 2.29. The fraction of sp³-hybridized carbons (Fsp3) is 0.0909. The van der Waals surface area contributed by atoms with E-state index < -0.39 is 0 Å². The molecule has 15 heavy (non-hydrogen) atoms. The summed E-state index contributed by atoms with van der Waals surface area (Å²) < 4.78 is 0. The number of aromatic nitrogens is 1. The zero-order chi connectivity index (χ0) is 11.0. The van der Waals surface area contributed by atoms with Crippen LogP contribution in [-0.2, 0) is 0 Å². The number of aromatic amines is 1. The van der Waals surface area contributed by atoms with Crippen LogP contribution in [0.5, 0.6) is 0 Å². The van der Waals surface area contributed by atoms with E-state index in [1.54, 1.807) is 18.2 Å². The Labute approximate surface area is 91.8 Å². The van der Waals surface area contributed by atoms with Crippen LogP contribution in [0.3, 0.4) is 0 Å². The molecule has 3 nitrogen and oxygen atoms in total. The maximum Gasteiger partial charge on any atom is 0.261 e. The number of hydrogen-bond acceptors (Lipinski definition) is 3. The Kier molecular flexibility index (Phi) is 2.25. The van der Waals surface area contributed by atoms with Gasteiger partial charge in [0.15, 0.2) is 0 Å². The van der Waals surface area contributed by atoms with E-state index in [1.807, 2.05) is 6.92 Å². The van der Waals surface area contributed by atoms with Gasteiger partial charge >= 0.3 is 0 Å². The van der Waals surface area contributed by atoms with Crippen LogP contribution in [0.4, 0.5) is 0 Å². The summed E-state index contributed by atoms with van der Waals surface area (Å²) in [7, 11) is 0. The smallest absolute Gasteiger partial charge is 0.261 e. The minimum Gasteiger partial charge on any atom is -0.321 e. The largest absolute Gasteiger partial charge is 0.321 e. The summed E-state index contributed by atoms with van der Waals surface area (Å²) in [4.78, 5) is 14.4. The van der Waals surface area contributed by atoms with Crippen molar-refractivity contribution in [3.05, 3.63) is 39.7 Å². The lowest BCUT2D eigenvalue weighted by atomic mass is 10.1. The molecule has 0 unspecified atom stereocenters. The van der Waals surface area contributed by atoms with Gasteiger partial charge in [-0.1, -0.05) is 0 Å². The molecule has 4 heteroatoms. The number of nitriles is 1. The molecule has 0 bridgehead atoms. The van der Waals surface area contributed by atoms with Crippen molar-refractivity contribution >= 4 is 23.5 Å². The van der Waals surface area contributed by atoms with Gasteiger partial charge in [0.2, 0.25) is 0 Å². The normalized spacial score (nSPS) is 10.2. The third-order valence-corrected chi connectivity index (χ3v) is 2.62. The summed E-state index contributed by atoms with van der Waals surface area (Å²) in [6.07, 6.45) is 0. The van der Waals surface area contributed by atoms with E-state index in [4.69, 9.17) is 5.26 Å². The van der Waals surface area contributed by atoms with Gasteiger partial charge in [-0.15, -0.1) is 12.6 Å². The van der Waals surface area contributed by atoms with Crippen molar-refractivity contribution in [1.29, 1.82) is 5.26 Å². The Hall–Kier alpha value is -1.73. The number of hydrogen-bond donors (Lipinski definition) is 2. The molecule has 1 N–H and O–H groups in total. The SMILES string of the molecule is Cc1cc2[nH]c(=O)c(S)cc2cc1C#N. The van der Waals surface area contributed by atoms with Crippen molar-refractivity contribution in [3.8, 4) is 6.07 Å². The minimum absolute atomic E-state index is 0.213. The molecule has 0 aliphatic carbocycles. The molecule has 0 aliphatic heterocycles. The highest BCUT2D eigenvalue weighted by Gasteiger charge is 2.03. The predicted molar refractivity (Wildman–Crippen MR) is 61.3 cm³/mol. The number of rotatable bonds is 0. The first-order valence-electron chi connectivity index (χ1n) is 4.38. The zero-order valence-electron chi connectivity index (χ0n) is 8.03. The molecule has 1 aromatic carbocycles. The quantitative estimate of drug-likeness (QED) is 0.662. The molecular formula is C11H8N2OS. The van der Waals surface area contributed by atoms with Crippen LogP contribution < -0.4 is 5.56 Å². The molecule has 0 radical (unpaired) electrons. The van der Waals surface area contributed by atoms with Gasteiger partial charge in [-0.05, 0) is 30.7 Å². The molecule has 0 aliphatic rings. The van der Waals surface area contributed by atoms with Crippen molar-refractivity contribution < 1.29 is 0 Å². The van der Waals surface area contributed by atoms with Crippen LogP contribution in [0.2, 0.25) is 0 Å². The highest BCUT2D eigenvalue weighted by Crippen LogP contribution is 2.18. The molecule has 2 aromatic rings. The van der Waals surface area contributed by atoms with Crippen LogP contribution in [0.15, 0.2) is 27.9 Å². The summed E-state index contributed by atoms with van der Waals surface area (Å²) in [5, 5.41) is 9.68. The fourth-order valence-corrected chi connectivity index (χ4v) is 1.67. The average Bonchev–Trinajstić information content (AvgIpc) is 2.20. The molecule has 0 atom stereocenters. The van der Waals surface area contributed by atoms with Crippen molar-refractivity contribution in [3.63, 3.8) is 0 Å². The predicted octanol–water partition coefficient (Wildman–Crippen LogP) is 2.00. The van der Waals surface area contributed by atoms with Gasteiger partial charge in [0.05, 0.1) is 16.5 Å². The van der Waals surface area contributed by atoms with Crippen molar-refractivity contribution in [1.82, 2.24) is 4.98 Å². The molecule has 74 valence electrons. The van der Waals surface area contributed by atoms with Gasteiger partial charge in [0, 0.05) is 10.9 Å². The van der Waals surface area contributed by atoms with Gasteiger partial charge in [-0.25, -0.2) is 0 Å². The monoisotopic (exact) mass is 216 g/mol. The Morgan fingerprint density at radius 2 is 2.13 bits per heavy atom. The Balaban J connectivity index is 2.90. The molecule has 2 rings (SSSR count). The molecule has 1 heterocycles. The van der Waals surface area contributed by atoms with E-state index in [0.29, 0.717) is 10.5 Å². The molecular weight excluding hydrogens is 208 g/mol. The number of aryl methyl sites for hydroxylation is 1. The topological polar surface area (TPSA) is 56.6 Å². The van der Waals surface area contributed by atoms with Gasteiger partial charge in [-0.3, -0.25) is 4.79 Å². The lowest BCUT2D eigenvalue weighted by Crippen LogP contribution is -2.06. The van der Waals surface area contributed by atoms with Gasteiger partial charge < -0.3 is 4.98 Å². The van der Waals surface area contributed by atoms with E-state index in [-0.39, 0.29) is 5.56 Å². The number of pyridine rings is 1. The number of fused-ring (bicyclic) bond motifs is 1. The number of nitrogens with zero attached hydrogens (tertiary/aromatic N) is 1. The lowest BCUT2D eigenvalue weighted by molar-refractivity contribution is 1.20. The van der Waals surface area contributed by atoms with Gasteiger partial charge in [-0.2, -0.15) is 5.26 Å². The Morgan fingerprint density at radius 3 is 2.80 bits per heavy atom. The second-order valence-corrected chi connectivity index (χ2v) is 3.83. The van der Waals surface area contributed by atoms with E-state index >= 15 is 0 Å². The molecule has 0 saturated heterocycles. The van der Waals surface area contributed by atoms with E-state index in [9.17, 15) is 4.79 Å². The number of benzene rings is 1. The molecule has 0 amide bonds. The van der Waals surface area contributed by atoms with Crippen LogP contribution in [0.25, 0.3) is 10.9 Å². The lowest BCUT2D eigenvalue weighted by Gasteiger charge is -2.02. The summed E-state index contributed by atoms with van der Waals surface area (Å²) >= 11 is 4.04. The Morgan fingerprint density at radius 1 is 1.40 bits per heavy atom. The second-order valence-electron chi connectivity index (χ2n) is 3.35. The molecule has 1 aromatic heterocycles. The standard InChI is InChI=1S/C11H8N2OS/c1-6-2-9-7(3-8(6)5-12)4-10(15)11(14)13-9/h2-4,15H,1H3,(H,13,14). The zero-order valence-corrected chi connectivity index (χ0v) is 8.93. The summed E-state index contributed by atoms with van der Waals surface area (Å²) in [6.45, 7) is 1.84. The number of thiol groups is 1. The van der Waals surface area contributed by atoms with Gasteiger partial charge in [0.25, 0.3) is 5.56 Å². The van der Waals surface area contributed by atoms with Crippen molar-refractivity contribution in [2.45, 2.75) is 11.8 Å². The minimum atomic E-state index is -0.213. The first kappa shape index (κ1) is 9.81. The average molecular weight is 216 g/mol. The van der Waals surface area contributed by atoms with Crippen LogP contribution in [0, 0.1) is 18.3 Å². The maximum absolute atomic E-state index is 11.3. The summed E-state index contributed by atoms with van der Waals surface area (Å²) in [5.41, 5.74) is 1.99. The highest BCUT2D eigenvalue weighted by atomic mass is 32.1. The van der Waals surface area contributed by atoms with E-state index in [2.05, 4.69) is 23.7 Å². The summed E-state index contributed by atoms with van der Waals surface area (Å²) in [5.74, 6) is 0. The first-order valence-corrected chi connectivity index (χ1v) is 4.83. The van der Waals surface area contributed by atoms with E-state index in [1.165, 1.54) is 0 Å². The molecule has 0 fully saturated rings. The maximum atomic E-state index is 11.3. The van der Waals surface area contributed by atoms with Crippen molar-refractivity contribution in [2.75, 3.05) is 0 Å². The molecule has 0 spiro atoms. The number of nitrogens with one attached hydrogen (secondary N) is 1. The third kappa shape index (κ3) is 1.62. The van der Waals surface area contributed by atoms with Crippen LogP contribution in [-0.4, -0.2) is 4.98 Å². The highest BCUT2D eigenvalue weighted by molar-refractivity contribution is 7.80. The second kappa shape index (κ2) is 3.44.